The Labute approximate surface area is 634 Å². The first-order chi connectivity index (χ1) is 51.7. The lowest BCUT2D eigenvalue weighted by Crippen LogP contribution is -2.61. The minimum absolute atomic E-state index is 0.0144. The molecular formula is C64H102N26O17S2. The number of aliphatic hydroxyl groups is 2. The van der Waals surface area contributed by atoms with E-state index in [9.17, 15) is 82.4 Å². The van der Waals surface area contributed by atoms with Gasteiger partial charge in [0.2, 0.25) is 76.8 Å². The maximum absolute atomic E-state index is 14.9. The molecule has 1 aliphatic rings. The molecule has 2 aromatic rings. The summed E-state index contributed by atoms with van der Waals surface area (Å²) in [4.78, 5) is 195. The van der Waals surface area contributed by atoms with E-state index < -0.39 is 218 Å². The number of aliphatic carboxylic acids is 1. The molecule has 1 saturated heterocycles. The fourth-order valence-corrected chi connectivity index (χ4v) is 12.6. The molecule has 602 valence electrons. The summed E-state index contributed by atoms with van der Waals surface area (Å²) in [5, 5.41) is 98.4. The number of hydrogen-bond donors (Lipinski definition) is 29. The number of nitrogens with one attached hydrogen (secondary N) is 19. The summed E-state index contributed by atoms with van der Waals surface area (Å²) in [6.45, 7) is -2.27. The van der Waals surface area contributed by atoms with E-state index in [4.69, 9.17) is 61.8 Å². The third kappa shape index (κ3) is 36.7. The predicted octanol–water partition coefficient (Wildman–Crippen LogP) is -9.82. The molecule has 1 fully saturated rings. The Morgan fingerprint density at radius 2 is 0.826 bits per heavy atom. The monoisotopic (exact) mass is 1570 g/mol. The van der Waals surface area contributed by atoms with Gasteiger partial charge in [0.15, 0.2) is 23.8 Å². The number of carboxylic acids is 1. The van der Waals surface area contributed by atoms with Crippen LogP contribution in [0.2, 0.25) is 0 Å². The fourth-order valence-electron chi connectivity index (χ4n) is 10.3. The zero-order chi connectivity index (χ0) is 81.1. The summed E-state index contributed by atoms with van der Waals surface area (Å²) in [5.74, 6) is -17.9. The second kappa shape index (κ2) is 49.5. The van der Waals surface area contributed by atoms with Gasteiger partial charge < -0.3 is 135 Å². The van der Waals surface area contributed by atoms with Crippen molar-refractivity contribution < 1.29 is 82.4 Å². The van der Waals surface area contributed by atoms with Crippen molar-refractivity contribution in [2.75, 3.05) is 50.9 Å². The van der Waals surface area contributed by atoms with Crippen LogP contribution in [0.4, 0.5) is 0 Å². The Balaban J connectivity index is 2.18. The Morgan fingerprint density at radius 1 is 0.440 bits per heavy atom. The van der Waals surface area contributed by atoms with Gasteiger partial charge in [0, 0.05) is 63.4 Å². The van der Waals surface area contributed by atoms with Crippen molar-refractivity contribution >= 4 is 128 Å². The standard InChI is InChI=1S/C64H102N26O17S2/c65-35-31-108-109-32-46(59(105)84-40(20-22-48(67)94)54(100)82-37(16-8-24-77-62(70)71)51(97)87-43(28-34-13-5-2-6-14-34)56(102)89-45(30-92)58(104)85-41(60(106)107)18-10-26-79-64(74)75)90-52(98)38(17-9-25-78-63(72)73)83-57(103)44(29-91)88-55(101)42(27-33-11-3-1-4-12-33)86-50(96)36(15-7-23-76-61(68)69)81-53(99)39(80-49(35)95)19-21-47(66)93/h1-6,11-14,35-46,91-92H,7-10,15-32,65H2,(H2,66,93)(H2,67,94)(H,80,95)(H,81,99)(H,82,100)(H,83,103)(H,84,105)(H,85,104)(H,86,96)(H,87,97)(H,88,101)(H,89,102)(H,90,98)(H,106,107)(H4,68,69,76)(H4,70,71,77)(H4,72,73,78)(H4,74,75,79)/t35-,36-,37-,38-,39-,40-,41-,42-,43-,44-,45-,46-/m0/s1. The topological polar surface area (TPSA) is 758 Å². The van der Waals surface area contributed by atoms with Gasteiger partial charge in [-0.15, -0.1) is 0 Å². The van der Waals surface area contributed by atoms with Crippen molar-refractivity contribution in [1.82, 2.24) is 79.8 Å². The van der Waals surface area contributed by atoms with Crippen LogP contribution in [0.25, 0.3) is 0 Å². The third-order valence-electron chi connectivity index (χ3n) is 16.1. The lowest BCUT2D eigenvalue weighted by atomic mass is 10.0. The van der Waals surface area contributed by atoms with Crippen LogP contribution in [-0.2, 0) is 80.0 Å². The number of primary amides is 2. The summed E-state index contributed by atoms with van der Waals surface area (Å²) in [6, 6.07) is -3.87. The molecule has 43 nitrogen and oxygen atoms in total. The zero-order valence-electron chi connectivity index (χ0n) is 59.7. The molecule has 45 heteroatoms. The number of benzene rings is 2. The zero-order valence-corrected chi connectivity index (χ0v) is 61.3. The Bertz CT molecular complexity index is 3460. The third-order valence-corrected chi connectivity index (χ3v) is 18.5. The van der Waals surface area contributed by atoms with Crippen LogP contribution in [0.5, 0.6) is 0 Å². The Hall–Kier alpha value is -11.3. The minimum atomic E-state index is -1.89. The lowest BCUT2D eigenvalue weighted by Gasteiger charge is -2.28. The van der Waals surface area contributed by atoms with Crippen LogP contribution in [0.15, 0.2) is 60.7 Å². The first-order valence-electron chi connectivity index (χ1n) is 34.5. The van der Waals surface area contributed by atoms with E-state index in [2.05, 4.69) is 79.8 Å². The first kappa shape index (κ1) is 91.9. The molecule has 109 heavy (non-hydrogen) atoms. The second-order valence-corrected chi connectivity index (χ2v) is 27.4. The molecule has 12 atom stereocenters. The van der Waals surface area contributed by atoms with E-state index in [0.29, 0.717) is 11.1 Å². The molecule has 0 aliphatic carbocycles. The van der Waals surface area contributed by atoms with Crippen LogP contribution in [-0.4, -0.2) is 245 Å². The van der Waals surface area contributed by atoms with Gasteiger partial charge in [-0.3, -0.25) is 84.0 Å². The number of guanidine groups is 4. The summed E-state index contributed by atoms with van der Waals surface area (Å²) in [7, 11) is 1.66. The van der Waals surface area contributed by atoms with Gasteiger partial charge in [-0.25, -0.2) is 4.79 Å². The molecule has 0 unspecified atom stereocenters. The average Bonchev–Trinajstić information content (AvgIpc) is 1.12. The summed E-state index contributed by atoms with van der Waals surface area (Å²) in [6.07, 6.45) is -3.59. The van der Waals surface area contributed by atoms with Gasteiger partial charge in [-0.1, -0.05) is 82.3 Å². The molecule has 2 aromatic carbocycles. The molecule has 0 spiro atoms. The number of carbonyl (C=O) groups excluding carboxylic acids is 13. The Morgan fingerprint density at radius 3 is 1.32 bits per heavy atom. The molecule has 0 bridgehead atoms. The number of hydrogen-bond acceptors (Lipinski definition) is 23. The SMILES string of the molecule is N=C(N)NCCC[C@H](NC(=O)[C@H](CO)NC(=O)[C@H](Cc1ccccc1)NC(=O)[C@H](CCCNC(=N)N)NC(=O)[C@H](CCC(N)=O)NC(=O)[C@@H]1CSSC[C@H](N)C(=O)N[C@@H](CCC(N)=O)C(=O)N[C@@H](CCCNC(=N)N)C(=O)N[C@@H](Cc2ccccc2)C(=O)N[C@@H](CO)C(=O)N[C@@H](CCCNC(=N)N)C(=O)N1)C(=O)O. The maximum atomic E-state index is 14.9. The fraction of sp³-hybridized carbons (Fsp3) is 0.531. The number of amides is 13. The largest absolute Gasteiger partial charge is 0.480 e. The minimum Gasteiger partial charge on any atom is -0.480 e. The molecule has 36 N–H and O–H groups in total. The van der Waals surface area contributed by atoms with Gasteiger partial charge in [0.1, 0.15) is 66.5 Å². The van der Waals surface area contributed by atoms with Crippen LogP contribution in [0.3, 0.4) is 0 Å². The van der Waals surface area contributed by atoms with Crippen molar-refractivity contribution in [2.45, 2.75) is 162 Å². The van der Waals surface area contributed by atoms with Crippen molar-refractivity contribution in [3.8, 4) is 0 Å². The molecular weight excluding hydrogens is 1470 g/mol. The number of rotatable bonds is 39. The number of nitrogens with two attached hydrogens (primary N) is 7. The van der Waals surface area contributed by atoms with Crippen molar-refractivity contribution in [1.29, 1.82) is 21.6 Å². The van der Waals surface area contributed by atoms with E-state index in [1.807, 2.05) is 0 Å². The first-order valence-corrected chi connectivity index (χ1v) is 36.9. The van der Waals surface area contributed by atoms with Crippen LogP contribution < -0.4 is 120 Å². The average molecular weight is 1570 g/mol. The second-order valence-electron chi connectivity index (χ2n) is 24.9. The van der Waals surface area contributed by atoms with Gasteiger partial charge in [0.05, 0.1) is 19.3 Å². The van der Waals surface area contributed by atoms with E-state index in [1.54, 1.807) is 60.7 Å². The molecule has 3 rings (SSSR count). The van der Waals surface area contributed by atoms with Gasteiger partial charge in [-0.2, -0.15) is 0 Å². The molecule has 0 saturated carbocycles. The van der Waals surface area contributed by atoms with E-state index >= 15 is 0 Å². The summed E-state index contributed by atoms with van der Waals surface area (Å²) < 4.78 is 0. The van der Waals surface area contributed by atoms with E-state index in [0.717, 1.165) is 21.6 Å². The smallest absolute Gasteiger partial charge is 0.326 e. The highest BCUT2D eigenvalue weighted by Gasteiger charge is 2.38. The van der Waals surface area contributed by atoms with Crippen LogP contribution in [0, 0.1) is 21.6 Å². The maximum Gasteiger partial charge on any atom is 0.326 e. The van der Waals surface area contributed by atoms with Crippen molar-refractivity contribution in [2.24, 2.45) is 40.1 Å². The van der Waals surface area contributed by atoms with Crippen molar-refractivity contribution in [3.05, 3.63) is 71.8 Å². The molecule has 1 aliphatic heterocycles. The van der Waals surface area contributed by atoms with Gasteiger partial charge in [-0.05, 0) is 75.3 Å². The van der Waals surface area contributed by atoms with Gasteiger partial charge >= 0.3 is 5.97 Å². The molecule has 0 radical (unpaired) electrons. The summed E-state index contributed by atoms with van der Waals surface area (Å²) >= 11 is 0. The van der Waals surface area contributed by atoms with Crippen LogP contribution >= 0.6 is 21.6 Å². The highest BCUT2D eigenvalue weighted by Crippen LogP contribution is 2.24. The van der Waals surface area contributed by atoms with Crippen molar-refractivity contribution in [3.63, 3.8) is 0 Å². The molecule has 1 heterocycles. The van der Waals surface area contributed by atoms with E-state index in [1.165, 1.54) is 0 Å². The normalized spacial score (nSPS) is 19.6. The van der Waals surface area contributed by atoms with Crippen LogP contribution in [0.1, 0.15) is 88.2 Å². The molecule has 13 amide bonds. The lowest BCUT2D eigenvalue weighted by molar-refractivity contribution is -0.143. The summed E-state index contributed by atoms with van der Waals surface area (Å²) in [5.41, 5.74) is 40.1. The predicted molar refractivity (Wildman–Crippen MR) is 400 cm³/mol. The highest BCUT2D eigenvalue weighted by molar-refractivity contribution is 8.76. The quantitative estimate of drug-likeness (QED) is 0.0128. The number of carbonyl (C=O) groups is 14. The molecule has 0 aromatic heterocycles. The number of aliphatic hydroxyl groups excluding tert-OH is 2. The number of carboxylic acid groups (broad SMARTS) is 1. The van der Waals surface area contributed by atoms with E-state index in [-0.39, 0.29) is 102 Å². The Kier molecular flexibility index (Phi) is 41.8. The van der Waals surface area contributed by atoms with Gasteiger partial charge in [0.25, 0.3) is 0 Å². The highest BCUT2D eigenvalue weighted by atomic mass is 33.1.